The van der Waals surface area contributed by atoms with Crippen LogP contribution in [0.15, 0.2) is 18.7 Å². The van der Waals surface area contributed by atoms with Crippen molar-refractivity contribution in [2.75, 3.05) is 6.79 Å². The molecule has 0 bridgehead atoms. The third-order valence-corrected chi connectivity index (χ3v) is 1.92. The molecule has 0 saturated heterocycles. The van der Waals surface area contributed by atoms with Gasteiger partial charge in [0.25, 0.3) is 0 Å². The molecule has 0 radical (unpaired) electrons. The van der Waals surface area contributed by atoms with Crippen LogP contribution in [0.5, 0.6) is 11.5 Å². The van der Waals surface area contributed by atoms with Crippen molar-refractivity contribution in [2.45, 2.75) is 0 Å². The maximum absolute atomic E-state index is 5.33. The second-order valence-electron chi connectivity index (χ2n) is 2.64. The first-order valence-corrected chi connectivity index (χ1v) is 3.88. The van der Waals surface area contributed by atoms with Crippen molar-refractivity contribution in [1.29, 1.82) is 0 Å². The van der Waals surface area contributed by atoms with E-state index in [4.69, 9.17) is 15.9 Å². The van der Waals surface area contributed by atoms with E-state index in [1.807, 2.05) is 6.07 Å². The topological polar surface area (TPSA) is 18.5 Å². The maximum atomic E-state index is 5.33. The highest BCUT2D eigenvalue weighted by atomic mass is 16.7. The summed E-state index contributed by atoms with van der Waals surface area (Å²) in [4.78, 5) is 0. The van der Waals surface area contributed by atoms with Crippen LogP contribution in [0.3, 0.4) is 0 Å². The molecule has 0 aliphatic carbocycles. The van der Waals surface area contributed by atoms with Gasteiger partial charge >= 0.3 is 0 Å². The van der Waals surface area contributed by atoms with E-state index in [0.29, 0.717) is 5.75 Å². The molecular formula is C11H8O2. The van der Waals surface area contributed by atoms with Gasteiger partial charge in [0, 0.05) is 11.6 Å². The zero-order chi connectivity index (χ0) is 9.26. The first kappa shape index (κ1) is 7.75. The number of ether oxygens (including phenoxy) is 2. The van der Waals surface area contributed by atoms with Crippen LogP contribution in [0.25, 0.3) is 6.08 Å². The summed E-state index contributed by atoms with van der Waals surface area (Å²) >= 11 is 0. The Morgan fingerprint density at radius 3 is 2.69 bits per heavy atom. The van der Waals surface area contributed by atoms with E-state index in [0.717, 1.165) is 16.9 Å². The van der Waals surface area contributed by atoms with Crippen LogP contribution < -0.4 is 9.47 Å². The van der Waals surface area contributed by atoms with Gasteiger partial charge in [0.2, 0.25) is 6.79 Å². The van der Waals surface area contributed by atoms with Crippen LogP contribution in [-0.4, -0.2) is 6.79 Å². The molecular weight excluding hydrogens is 164 g/mol. The largest absolute Gasteiger partial charge is 0.454 e. The molecule has 1 aromatic rings. The van der Waals surface area contributed by atoms with Crippen molar-refractivity contribution >= 4 is 6.08 Å². The first-order valence-electron chi connectivity index (χ1n) is 3.88. The van der Waals surface area contributed by atoms with Crippen LogP contribution in [-0.2, 0) is 0 Å². The Morgan fingerprint density at radius 1 is 1.38 bits per heavy atom. The predicted octanol–water partition coefficient (Wildman–Crippen LogP) is 2.04. The average molecular weight is 172 g/mol. The molecule has 0 unspecified atom stereocenters. The Kier molecular flexibility index (Phi) is 1.71. The second kappa shape index (κ2) is 2.87. The predicted molar refractivity (Wildman–Crippen MR) is 50.6 cm³/mol. The number of hydrogen-bond acceptors (Lipinski definition) is 2. The normalized spacial score (nSPS) is 12.2. The van der Waals surface area contributed by atoms with Crippen LogP contribution in [0.1, 0.15) is 11.1 Å². The van der Waals surface area contributed by atoms with E-state index in [2.05, 4.69) is 12.5 Å². The van der Waals surface area contributed by atoms with Crippen molar-refractivity contribution in [3.05, 3.63) is 29.8 Å². The number of fused-ring (bicyclic) bond motifs is 1. The highest BCUT2D eigenvalue weighted by Gasteiger charge is 2.14. The lowest BCUT2D eigenvalue weighted by atomic mass is 10.1. The molecule has 13 heavy (non-hydrogen) atoms. The highest BCUT2D eigenvalue weighted by Crippen LogP contribution is 2.34. The molecule has 0 fully saturated rings. The Bertz CT molecular complexity index is 399. The average Bonchev–Trinajstić information content (AvgIpc) is 2.62. The molecule has 64 valence electrons. The monoisotopic (exact) mass is 172 g/mol. The second-order valence-corrected chi connectivity index (χ2v) is 2.64. The van der Waals surface area contributed by atoms with Crippen molar-refractivity contribution in [3.63, 3.8) is 0 Å². The molecule has 0 saturated carbocycles. The van der Waals surface area contributed by atoms with Gasteiger partial charge in [-0.1, -0.05) is 18.6 Å². The van der Waals surface area contributed by atoms with Gasteiger partial charge in [-0.15, -0.1) is 6.42 Å². The SMILES string of the molecule is C#Cc1cc2c(cc1C=C)OCO2. The lowest BCUT2D eigenvalue weighted by molar-refractivity contribution is 0.174. The van der Waals surface area contributed by atoms with Gasteiger partial charge in [-0.3, -0.25) is 0 Å². The third-order valence-electron chi connectivity index (χ3n) is 1.92. The molecule has 1 heterocycles. The molecule has 2 rings (SSSR count). The van der Waals surface area contributed by atoms with Crippen LogP contribution in [0.4, 0.5) is 0 Å². The fraction of sp³-hybridized carbons (Fsp3) is 0.0909. The highest BCUT2D eigenvalue weighted by molar-refractivity contribution is 5.63. The summed E-state index contributed by atoms with van der Waals surface area (Å²) in [6.07, 6.45) is 7.03. The quantitative estimate of drug-likeness (QED) is 0.603. The number of benzene rings is 1. The smallest absolute Gasteiger partial charge is 0.231 e. The molecule has 0 aromatic heterocycles. The Labute approximate surface area is 76.8 Å². The zero-order valence-electron chi connectivity index (χ0n) is 7.04. The maximum Gasteiger partial charge on any atom is 0.231 e. The molecule has 0 atom stereocenters. The summed E-state index contributed by atoms with van der Waals surface area (Å²) in [6, 6.07) is 3.63. The fourth-order valence-corrected chi connectivity index (χ4v) is 1.25. The Morgan fingerprint density at radius 2 is 2.08 bits per heavy atom. The van der Waals surface area contributed by atoms with Crippen molar-refractivity contribution in [1.82, 2.24) is 0 Å². The lowest BCUT2D eigenvalue weighted by Gasteiger charge is -2.01. The first-order chi connectivity index (χ1) is 6.35. The summed E-state index contributed by atoms with van der Waals surface area (Å²) in [6.45, 7) is 3.94. The molecule has 0 amide bonds. The van der Waals surface area contributed by atoms with E-state index in [-0.39, 0.29) is 6.79 Å². The fourth-order valence-electron chi connectivity index (χ4n) is 1.25. The summed E-state index contributed by atoms with van der Waals surface area (Å²) in [5.41, 5.74) is 1.67. The summed E-state index contributed by atoms with van der Waals surface area (Å²) in [7, 11) is 0. The number of rotatable bonds is 1. The zero-order valence-corrected chi connectivity index (χ0v) is 7.04. The number of terminal acetylenes is 1. The van der Waals surface area contributed by atoms with Crippen LogP contribution in [0.2, 0.25) is 0 Å². The molecule has 0 N–H and O–H groups in total. The Balaban J connectivity index is 2.61. The van der Waals surface area contributed by atoms with Crippen molar-refractivity contribution in [3.8, 4) is 23.8 Å². The molecule has 1 aliphatic heterocycles. The van der Waals surface area contributed by atoms with Gasteiger partial charge in [0.1, 0.15) is 0 Å². The minimum atomic E-state index is 0.264. The van der Waals surface area contributed by atoms with Crippen LogP contribution >= 0.6 is 0 Å². The van der Waals surface area contributed by atoms with Gasteiger partial charge in [0.15, 0.2) is 11.5 Å². The van der Waals surface area contributed by atoms with Gasteiger partial charge in [0.05, 0.1) is 0 Å². The minimum Gasteiger partial charge on any atom is -0.454 e. The standard InChI is InChI=1S/C11H8O2/c1-3-8-5-10-11(13-7-12-10)6-9(8)4-2/h1,4-6H,2,7H2. The van der Waals surface area contributed by atoms with E-state index >= 15 is 0 Å². The van der Waals surface area contributed by atoms with Crippen molar-refractivity contribution < 1.29 is 9.47 Å². The lowest BCUT2D eigenvalue weighted by Crippen LogP contribution is -1.92. The van der Waals surface area contributed by atoms with Gasteiger partial charge in [-0.25, -0.2) is 0 Å². The minimum absolute atomic E-state index is 0.264. The van der Waals surface area contributed by atoms with E-state index in [1.54, 1.807) is 12.1 Å². The van der Waals surface area contributed by atoms with Gasteiger partial charge < -0.3 is 9.47 Å². The number of hydrogen-bond donors (Lipinski definition) is 0. The summed E-state index contributed by atoms with van der Waals surface area (Å²) in [5, 5.41) is 0. The molecule has 2 nitrogen and oxygen atoms in total. The molecule has 2 heteroatoms. The summed E-state index contributed by atoms with van der Waals surface area (Å²) < 4.78 is 10.4. The van der Waals surface area contributed by atoms with Gasteiger partial charge in [-0.05, 0) is 11.6 Å². The van der Waals surface area contributed by atoms with E-state index in [1.165, 1.54) is 0 Å². The van der Waals surface area contributed by atoms with Crippen LogP contribution in [0, 0.1) is 12.3 Å². The Hall–Kier alpha value is -1.88. The van der Waals surface area contributed by atoms with E-state index in [9.17, 15) is 0 Å². The van der Waals surface area contributed by atoms with E-state index < -0.39 is 0 Å². The van der Waals surface area contributed by atoms with Crippen molar-refractivity contribution in [2.24, 2.45) is 0 Å². The molecule has 1 aliphatic rings. The van der Waals surface area contributed by atoms with Gasteiger partial charge in [-0.2, -0.15) is 0 Å². The molecule has 1 aromatic carbocycles. The third kappa shape index (κ3) is 1.15. The molecule has 0 spiro atoms. The summed E-state index contributed by atoms with van der Waals surface area (Å²) in [5.74, 6) is 4.01.